The minimum absolute atomic E-state index is 0.0397. The van der Waals surface area contributed by atoms with E-state index >= 15 is 0 Å². The van der Waals surface area contributed by atoms with Gasteiger partial charge in [0, 0.05) is 24.2 Å². The Morgan fingerprint density at radius 1 is 1.18 bits per heavy atom. The first-order chi connectivity index (χ1) is 18.9. The van der Waals surface area contributed by atoms with Crippen LogP contribution in [0.2, 0.25) is 6.32 Å². The van der Waals surface area contributed by atoms with Crippen LogP contribution in [-0.4, -0.2) is 60.6 Å². The van der Waals surface area contributed by atoms with Crippen molar-refractivity contribution in [3.05, 3.63) is 70.7 Å². The topological polar surface area (TPSA) is 156 Å². The molecule has 40 heavy (non-hydrogen) atoms. The molecule has 2 fully saturated rings. The Morgan fingerprint density at radius 3 is 2.48 bits per heavy atom. The number of hydrogen-bond acceptors (Lipinski definition) is 8. The fraction of sp³-hybridized carbons (Fsp3) is 0.538. The number of pyridine rings is 1. The summed E-state index contributed by atoms with van der Waals surface area (Å²) in [5.74, 6) is -1.28. The van der Waals surface area contributed by atoms with E-state index < -0.39 is 46.0 Å². The van der Waals surface area contributed by atoms with E-state index in [1.54, 1.807) is 24.3 Å². The van der Waals surface area contributed by atoms with E-state index in [9.17, 15) is 18.7 Å². The van der Waals surface area contributed by atoms with Gasteiger partial charge in [-0.3, -0.25) is 9.52 Å². The summed E-state index contributed by atoms with van der Waals surface area (Å²) >= 11 is 0. The maximum atomic E-state index is 13.6. The molecular weight excluding hydrogens is 535 g/mol. The van der Waals surface area contributed by atoms with E-state index in [1.165, 1.54) is 12.3 Å². The Kier molecular flexibility index (Phi) is 8.76. The summed E-state index contributed by atoms with van der Waals surface area (Å²) in [6.45, 7) is 7.42. The predicted molar refractivity (Wildman–Crippen MR) is 150 cm³/mol. The van der Waals surface area contributed by atoms with Gasteiger partial charge in [-0.15, -0.1) is 0 Å². The smallest absolute Gasteiger partial charge is 0.457 e. The lowest BCUT2D eigenvalue weighted by atomic mass is 9.78. The van der Waals surface area contributed by atoms with Gasteiger partial charge in [-0.2, -0.15) is 12.7 Å². The molecule has 2 aromatic rings. The standard InChI is InChI=1S/C26H35BN6O6S/c1-24(2)25(3,4)39-27(38-24)15-10-13-21-17-33(40(35,36)30-22-14-8-9-16-29-22)19-26(21,31-32-28)23(34)37-18-20-11-6-5-7-12-20/h5-9,11-12,14,16,21H,10,13,15,17-19H2,1-4H3,(H,29,30). The highest BCUT2D eigenvalue weighted by Gasteiger charge is 2.56. The number of benzene rings is 1. The molecule has 0 saturated carbocycles. The number of hydrogen-bond donors (Lipinski definition) is 1. The van der Waals surface area contributed by atoms with Crippen LogP contribution in [0.5, 0.6) is 0 Å². The SMILES string of the molecule is CC1(C)OB(CCCC2CN(S(=O)(=O)Nc3ccccn3)CC2(N=[N+]=[N-])C(=O)OCc2ccccc2)OC1(C)C. The number of azide groups is 1. The largest absolute Gasteiger partial charge is 0.460 e. The Hall–Kier alpha value is -3.16. The molecule has 0 amide bonds. The molecule has 0 spiro atoms. The molecule has 2 aliphatic heterocycles. The molecule has 12 nitrogen and oxygen atoms in total. The fourth-order valence-corrected chi connectivity index (χ4v) is 6.18. The van der Waals surface area contributed by atoms with Crippen molar-refractivity contribution in [2.24, 2.45) is 11.0 Å². The highest BCUT2D eigenvalue weighted by molar-refractivity contribution is 7.90. The predicted octanol–water partition coefficient (Wildman–Crippen LogP) is 4.34. The summed E-state index contributed by atoms with van der Waals surface area (Å²) in [6, 6.07) is 13.9. The van der Waals surface area contributed by atoms with Crippen LogP contribution in [0.4, 0.5) is 5.82 Å². The first-order valence-electron chi connectivity index (χ1n) is 13.2. The van der Waals surface area contributed by atoms with Gasteiger partial charge in [0.2, 0.25) is 0 Å². The van der Waals surface area contributed by atoms with Crippen molar-refractivity contribution in [2.75, 3.05) is 17.8 Å². The lowest BCUT2D eigenvalue weighted by Crippen LogP contribution is -2.46. The Balaban J connectivity index is 1.54. The first kappa shape index (κ1) is 29.8. The van der Waals surface area contributed by atoms with Gasteiger partial charge in [0.15, 0.2) is 5.54 Å². The van der Waals surface area contributed by atoms with Crippen LogP contribution < -0.4 is 4.72 Å². The van der Waals surface area contributed by atoms with Crippen LogP contribution >= 0.6 is 0 Å². The molecule has 1 N–H and O–H groups in total. The van der Waals surface area contributed by atoms with Gasteiger partial charge < -0.3 is 14.0 Å². The molecule has 2 atom stereocenters. The molecule has 4 rings (SSSR count). The number of nitrogens with one attached hydrogen (secondary N) is 1. The zero-order chi connectivity index (χ0) is 29.0. The lowest BCUT2D eigenvalue weighted by Gasteiger charge is -2.32. The maximum Gasteiger partial charge on any atom is 0.457 e. The van der Waals surface area contributed by atoms with Gasteiger partial charge in [-0.25, -0.2) is 4.98 Å². The molecule has 14 heteroatoms. The molecule has 214 valence electrons. The third-order valence-corrected chi connectivity index (χ3v) is 9.26. The van der Waals surface area contributed by atoms with E-state index in [2.05, 4.69) is 19.7 Å². The van der Waals surface area contributed by atoms with Crippen molar-refractivity contribution >= 4 is 29.1 Å². The number of aromatic nitrogens is 1. The maximum absolute atomic E-state index is 13.6. The molecule has 3 heterocycles. The van der Waals surface area contributed by atoms with E-state index in [0.717, 1.165) is 9.87 Å². The zero-order valence-corrected chi connectivity index (χ0v) is 24.0. The minimum Gasteiger partial charge on any atom is -0.460 e. The summed E-state index contributed by atoms with van der Waals surface area (Å²) in [4.78, 5) is 20.6. The third-order valence-electron chi connectivity index (χ3n) is 7.84. The number of rotatable bonds is 11. The summed E-state index contributed by atoms with van der Waals surface area (Å²) < 4.78 is 48.0. The zero-order valence-electron chi connectivity index (χ0n) is 23.2. The van der Waals surface area contributed by atoms with Crippen molar-refractivity contribution in [2.45, 2.75) is 70.2 Å². The monoisotopic (exact) mass is 570 g/mol. The number of nitrogens with zero attached hydrogens (tertiary/aromatic N) is 5. The van der Waals surface area contributed by atoms with Crippen LogP contribution in [0.25, 0.3) is 10.4 Å². The van der Waals surface area contributed by atoms with E-state index in [-0.39, 0.29) is 25.5 Å². The summed E-state index contributed by atoms with van der Waals surface area (Å²) in [5.41, 5.74) is 7.53. The number of ether oxygens (including phenoxy) is 1. The summed E-state index contributed by atoms with van der Waals surface area (Å²) in [5, 5.41) is 3.91. The van der Waals surface area contributed by atoms with Gasteiger partial charge in [0.25, 0.3) is 0 Å². The number of esters is 1. The van der Waals surface area contributed by atoms with Gasteiger partial charge in [-0.05, 0) is 69.6 Å². The van der Waals surface area contributed by atoms with Crippen LogP contribution in [0.15, 0.2) is 59.8 Å². The molecule has 0 bridgehead atoms. The van der Waals surface area contributed by atoms with Gasteiger partial charge in [0.1, 0.15) is 12.4 Å². The van der Waals surface area contributed by atoms with Crippen molar-refractivity contribution in [3.8, 4) is 0 Å². The molecule has 0 aliphatic carbocycles. The highest BCUT2D eigenvalue weighted by atomic mass is 32.2. The van der Waals surface area contributed by atoms with Crippen LogP contribution in [0, 0.1) is 5.92 Å². The van der Waals surface area contributed by atoms with E-state index in [1.807, 2.05) is 45.9 Å². The number of carbonyl (C=O) groups is 1. The Morgan fingerprint density at radius 2 is 1.85 bits per heavy atom. The van der Waals surface area contributed by atoms with E-state index in [0.29, 0.717) is 19.2 Å². The quantitative estimate of drug-likeness (QED) is 0.139. The van der Waals surface area contributed by atoms with Crippen LogP contribution in [0.1, 0.15) is 46.1 Å². The summed E-state index contributed by atoms with van der Waals surface area (Å²) in [6.07, 6.45) is 2.90. The second kappa shape index (κ2) is 11.8. The third kappa shape index (κ3) is 6.42. The highest BCUT2D eigenvalue weighted by Crippen LogP contribution is 2.41. The van der Waals surface area contributed by atoms with Crippen LogP contribution in [-0.2, 0) is 35.7 Å². The fourth-order valence-electron chi connectivity index (χ4n) is 4.92. The second-order valence-electron chi connectivity index (χ2n) is 11.1. The van der Waals surface area contributed by atoms with Crippen LogP contribution in [0.3, 0.4) is 0 Å². The van der Waals surface area contributed by atoms with Crippen molar-refractivity contribution in [1.29, 1.82) is 0 Å². The van der Waals surface area contributed by atoms with Gasteiger partial charge in [-0.1, -0.05) is 47.9 Å². The molecule has 1 aromatic carbocycles. The minimum atomic E-state index is -4.13. The first-order valence-corrected chi connectivity index (χ1v) is 14.6. The van der Waals surface area contributed by atoms with Gasteiger partial charge >= 0.3 is 23.3 Å². The molecule has 0 radical (unpaired) electrons. The van der Waals surface area contributed by atoms with Crippen molar-refractivity contribution in [1.82, 2.24) is 9.29 Å². The average Bonchev–Trinajstić information content (AvgIpc) is 3.37. The molecule has 2 saturated heterocycles. The molecule has 2 aliphatic rings. The van der Waals surface area contributed by atoms with Crippen molar-refractivity contribution in [3.63, 3.8) is 0 Å². The Labute approximate surface area is 235 Å². The summed E-state index contributed by atoms with van der Waals surface area (Å²) in [7, 11) is -4.58. The normalized spacial score (nSPS) is 23.9. The average molecular weight is 570 g/mol. The molecule has 2 unspecified atom stereocenters. The second-order valence-corrected chi connectivity index (χ2v) is 12.8. The molecular formula is C26H35BN6O6S. The lowest BCUT2D eigenvalue weighted by molar-refractivity contribution is -0.152. The number of anilines is 1. The molecule has 1 aromatic heterocycles. The van der Waals surface area contributed by atoms with Crippen molar-refractivity contribution < 1.29 is 27.3 Å². The Bertz CT molecular complexity index is 1320. The number of carbonyl (C=O) groups excluding carboxylic acids is 1. The van der Waals surface area contributed by atoms with E-state index in [4.69, 9.17) is 14.0 Å². The van der Waals surface area contributed by atoms with Gasteiger partial charge in [0.05, 0.1) is 11.2 Å².